The molecule has 198 valence electrons. The summed E-state index contributed by atoms with van der Waals surface area (Å²) in [5, 5.41) is 37.7. The summed E-state index contributed by atoms with van der Waals surface area (Å²) in [5.74, 6) is -0.517. The Labute approximate surface area is 237 Å². The second-order valence-electron chi connectivity index (χ2n) is 9.17. The first-order chi connectivity index (χ1) is 19.4. The Hall–Kier alpha value is -4.67. The van der Waals surface area contributed by atoms with E-state index in [1.807, 2.05) is 55.5 Å². The van der Waals surface area contributed by atoms with Crippen molar-refractivity contribution in [3.63, 3.8) is 0 Å². The molecule has 0 saturated carbocycles. The average molecular weight is 569 g/mol. The Kier molecular flexibility index (Phi) is 6.71. The van der Waals surface area contributed by atoms with Crippen LogP contribution < -0.4 is 4.90 Å². The van der Waals surface area contributed by atoms with Crippen LogP contribution in [0.4, 0.5) is 27.9 Å². The molecule has 0 bridgehead atoms. The van der Waals surface area contributed by atoms with Crippen molar-refractivity contribution in [3.05, 3.63) is 96.1 Å². The monoisotopic (exact) mass is 568 g/mol. The van der Waals surface area contributed by atoms with E-state index in [1.54, 1.807) is 18.2 Å². The molecule has 5 aromatic rings. The Morgan fingerprint density at radius 3 is 2.50 bits per heavy atom. The van der Waals surface area contributed by atoms with E-state index >= 15 is 0 Å². The number of rotatable bonds is 6. The van der Waals surface area contributed by atoms with Crippen LogP contribution in [-0.2, 0) is 4.79 Å². The molecule has 1 aromatic heterocycles. The molecule has 9 nitrogen and oxygen atoms in total. The van der Waals surface area contributed by atoms with Gasteiger partial charge in [-0.2, -0.15) is 5.11 Å². The fourth-order valence-electron chi connectivity index (χ4n) is 4.45. The van der Waals surface area contributed by atoms with Crippen LogP contribution in [0.3, 0.4) is 0 Å². The molecule has 1 amide bonds. The smallest absolute Gasteiger partial charge is 0.248 e. The normalized spacial score (nSPS) is 17.2. The lowest BCUT2D eigenvalue weighted by atomic mass is 9.91. The maximum absolute atomic E-state index is 13.0. The van der Waals surface area contributed by atoms with Crippen molar-refractivity contribution in [1.29, 1.82) is 0 Å². The first-order valence-corrected chi connectivity index (χ1v) is 13.5. The number of β-lactam (4-membered cyclic amide) rings is 1. The van der Waals surface area contributed by atoms with Gasteiger partial charge in [0.1, 0.15) is 22.6 Å². The topological polar surface area (TPSA) is 123 Å². The number of phenolic OH excluding ortho intramolecular Hbond substituents is 2. The summed E-state index contributed by atoms with van der Waals surface area (Å²) in [6, 6.07) is 23.7. The van der Waals surface area contributed by atoms with Gasteiger partial charge in [-0.3, -0.25) is 9.69 Å². The molecular weight excluding hydrogens is 548 g/mol. The van der Waals surface area contributed by atoms with E-state index in [4.69, 9.17) is 11.6 Å². The molecule has 1 aliphatic rings. The zero-order valence-electron chi connectivity index (χ0n) is 21.0. The number of hydrogen-bond acceptors (Lipinski definition) is 9. The van der Waals surface area contributed by atoms with E-state index in [9.17, 15) is 15.0 Å². The van der Waals surface area contributed by atoms with E-state index < -0.39 is 17.3 Å². The predicted octanol–water partition coefficient (Wildman–Crippen LogP) is 8.54. The number of azo groups is 2. The van der Waals surface area contributed by atoms with Crippen molar-refractivity contribution in [2.24, 2.45) is 20.5 Å². The van der Waals surface area contributed by atoms with Crippen LogP contribution in [0, 0.1) is 6.92 Å². The van der Waals surface area contributed by atoms with Crippen LogP contribution >= 0.6 is 22.9 Å². The predicted molar refractivity (Wildman–Crippen MR) is 155 cm³/mol. The van der Waals surface area contributed by atoms with Gasteiger partial charge < -0.3 is 10.2 Å². The summed E-state index contributed by atoms with van der Waals surface area (Å²) in [6.07, 6.45) is 0. The van der Waals surface area contributed by atoms with Gasteiger partial charge in [-0.25, -0.2) is 4.98 Å². The van der Waals surface area contributed by atoms with Gasteiger partial charge in [0.2, 0.25) is 11.0 Å². The molecule has 6 rings (SSSR count). The van der Waals surface area contributed by atoms with E-state index in [2.05, 4.69) is 25.4 Å². The lowest BCUT2D eigenvalue weighted by molar-refractivity contribution is -0.123. The number of alkyl halides is 1. The number of fused-ring (bicyclic) bond motifs is 1. The molecule has 0 radical (unpaired) electrons. The van der Waals surface area contributed by atoms with Crippen LogP contribution in [0.25, 0.3) is 10.2 Å². The first kappa shape index (κ1) is 25.6. The molecule has 0 aliphatic carbocycles. The Morgan fingerprint density at radius 1 is 0.875 bits per heavy atom. The SMILES string of the molecule is Cc1cccc(N=Nc2ccc(O)cc2N2C(=O)C(Cl)C2c2cc(N=Nc3nc4ccccc4s3)ccc2O)c1. The second kappa shape index (κ2) is 10.5. The first-order valence-electron chi connectivity index (χ1n) is 12.3. The summed E-state index contributed by atoms with van der Waals surface area (Å²) >= 11 is 7.90. The summed E-state index contributed by atoms with van der Waals surface area (Å²) in [7, 11) is 0. The highest BCUT2D eigenvalue weighted by molar-refractivity contribution is 7.21. The molecule has 1 fully saturated rings. The van der Waals surface area contributed by atoms with Gasteiger partial charge in [-0.15, -0.1) is 26.9 Å². The van der Waals surface area contributed by atoms with E-state index in [0.717, 1.165) is 15.8 Å². The van der Waals surface area contributed by atoms with Gasteiger partial charge >= 0.3 is 0 Å². The summed E-state index contributed by atoms with van der Waals surface area (Å²) in [4.78, 5) is 18.9. The number of phenols is 2. The molecule has 2 unspecified atom stereocenters. The number of carbonyl (C=O) groups is 1. The average Bonchev–Trinajstić information content (AvgIpc) is 3.38. The molecule has 11 heteroatoms. The van der Waals surface area contributed by atoms with Crippen molar-refractivity contribution in [2.45, 2.75) is 18.3 Å². The second-order valence-corrected chi connectivity index (χ2v) is 10.7. The largest absolute Gasteiger partial charge is 0.508 e. The number of benzene rings is 4. The number of amides is 1. The third-order valence-electron chi connectivity index (χ3n) is 6.39. The maximum atomic E-state index is 13.0. The van der Waals surface area contributed by atoms with Crippen LogP contribution in [0.2, 0.25) is 0 Å². The molecule has 40 heavy (non-hydrogen) atoms. The highest BCUT2D eigenvalue weighted by atomic mass is 35.5. The number of aryl methyl sites for hydroxylation is 1. The number of carbonyl (C=O) groups excluding carboxylic acids is 1. The van der Waals surface area contributed by atoms with Crippen LogP contribution in [0.1, 0.15) is 17.2 Å². The Balaban J connectivity index is 1.33. The molecular formula is C29H21ClN6O3S. The number of anilines is 1. The molecule has 2 atom stereocenters. The van der Waals surface area contributed by atoms with Crippen molar-refractivity contribution in [1.82, 2.24) is 4.98 Å². The Bertz CT molecular complexity index is 1790. The highest BCUT2D eigenvalue weighted by Gasteiger charge is 2.50. The van der Waals surface area contributed by atoms with Gasteiger partial charge in [0.15, 0.2) is 0 Å². The van der Waals surface area contributed by atoms with Gasteiger partial charge in [0.25, 0.3) is 0 Å². The quantitative estimate of drug-likeness (QED) is 0.121. The van der Waals surface area contributed by atoms with Crippen molar-refractivity contribution >= 4 is 66.9 Å². The van der Waals surface area contributed by atoms with Gasteiger partial charge in [0, 0.05) is 11.6 Å². The fourth-order valence-corrected chi connectivity index (χ4v) is 5.60. The number of aromatic nitrogens is 1. The minimum Gasteiger partial charge on any atom is -0.508 e. The zero-order chi connectivity index (χ0) is 27.8. The molecule has 1 saturated heterocycles. The van der Waals surface area contributed by atoms with Gasteiger partial charge in [0.05, 0.1) is 33.3 Å². The van der Waals surface area contributed by atoms with Crippen LogP contribution in [0.15, 0.2) is 105 Å². The number of thiazole rings is 1. The fraction of sp³-hybridized carbons (Fsp3) is 0.103. The Morgan fingerprint density at radius 2 is 1.68 bits per heavy atom. The molecule has 4 aromatic carbocycles. The number of nitrogens with zero attached hydrogens (tertiary/aromatic N) is 6. The summed E-state index contributed by atoms with van der Waals surface area (Å²) in [5.41, 5.74) is 4.00. The summed E-state index contributed by atoms with van der Waals surface area (Å²) < 4.78 is 0.998. The minimum atomic E-state index is -0.953. The van der Waals surface area contributed by atoms with E-state index in [1.165, 1.54) is 34.4 Å². The van der Waals surface area contributed by atoms with Gasteiger partial charge in [-0.1, -0.05) is 35.6 Å². The standard InChI is InChI=1S/C29H21ClN6O3S/c1-16-5-4-6-17(13-16)32-34-21-11-10-19(37)15-23(21)36-27(26(30)28(36)39)20-14-18(9-12-24(20)38)33-35-29-31-22-7-2-3-8-25(22)40-29/h2-15,26-27,37-38H,1H3. The van der Waals surface area contributed by atoms with Crippen molar-refractivity contribution in [2.75, 3.05) is 4.90 Å². The van der Waals surface area contributed by atoms with Crippen LogP contribution in [0.5, 0.6) is 11.5 Å². The van der Waals surface area contributed by atoms with Crippen LogP contribution in [-0.4, -0.2) is 26.5 Å². The third-order valence-corrected chi connectivity index (χ3v) is 7.73. The highest BCUT2D eigenvalue weighted by Crippen LogP contribution is 2.49. The molecule has 0 spiro atoms. The van der Waals surface area contributed by atoms with E-state index in [0.29, 0.717) is 33.4 Å². The van der Waals surface area contributed by atoms with E-state index in [-0.39, 0.29) is 11.5 Å². The number of halogens is 1. The molecule has 2 N–H and O–H groups in total. The van der Waals surface area contributed by atoms with Crippen molar-refractivity contribution < 1.29 is 15.0 Å². The third kappa shape index (κ3) is 4.90. The lowest BCUT2D eigenvalue weighted by Crippen LogP contribution is -2.56. The number of para-hydroxylation sites is 1. The minimum absolute atomic E-state index is 0.0586. The maximum Gasteiger partial charge on any atom is 0.248 e. The molecule has 2 heterocycles. The zero-order valence-corrected chi connectivity index (χ0v) is 22.6. The van der Waals surface area contributed by atoms with Crippen molar-refractivity contribution in [3.8, 4) is 11.5 Å². The number of hydrogen-bond donors (Lipinski definition) is 2. The number of aromatic hydroxyl groups is 2. The molecule has 1 aliphatic heterocycles. The summed E-state index contributed by atoms with van der Waals surface area (Å²) in [6.45, 7) is 1.95. The lowest BCUT2D eigenvalue weighted by Gasteiger charge is -2.44. The van der Waals surface area contributed by atoms with Gasteiger partial charge in [-0.05, 0) is 67.1 Å².